The number of alkyl halides is 2. The van der Waals surface area contributed by atoms with E-state index in [2.05, 4.69) is 15.4 Å². The van der Waals surface area contributed by atoms with E-state index >= 15 is 0 Å². The maximum absolute atomic E-state index is 13.7. The van der Waals surface area contributed by atoms with Crippen LogP contribution < -0.4 is 10.1 Å². The first kappa shape index (κ1) is 20.5. The molecule has 0 aliphatic rings. The van der Waals surface area contributed by atoms with Crippen molar-refractivity contribution in [3.8, 4) is 17.0 Å². The Balaban J connectivity index is 1.75. The lowest BCUT2D eigenvalue weighted by molar-refractivity contribution is 0.102. The van der Waals surface area contributed by atoms with Gasteiger partial charge in [-0.3, -0.25) is 4.79 Å². The Kier molecular flexibility index (Phi) is 5.62. The Labute approximate surface area is 177 Å². The molecule has 2 aromatic carbocycles. The van der Waals surface area contributed by atoms with Gasteiger partial charge in [0.15, 0.2) is 5.65 Å². The molecule has 0 spiro atoms. The molecule has 1 amide bonds. The summed E-state index contributed by atoms with van der Waals surface area (Å²) in [5.41, 5.74) is 2.49. The van der Waals surface area contributed by atoms with Crippen LogP contribution in [0.2, 0.25) is 0 Å². The van der Waals surface area contributed by atoms with Crippen LogP contribution in [0, 0.1) is 0 Å². The molecule has 2 aromatic heterocycles. The van der Waals surface area contributed by atoms with Crippen LogP contribution in [0.3, 0.4) is 0 Å². The van der Waals surface area contributed by atoms with Crippen molar-refractivity contribution in [1.82, 2.24) is 14.6 Å². The predicted octanol–water partition coefficient (Wildman–Crippen LogP) is 5.16. The van der Waals surface area contributed by atoms with Crippen molar-refractivity contribution in [2.45, 2.75) is 19.8 Å². The molecule has 4 aromatic rings. The standard InChI is InChI=1S/C23H20F2N4O2/c1-3-14-4-8-16(9-5-14)27-23(30)18-13-26-29-20(21(24)25)12-19(28-22(18)29)15-6-10-17(31-2)11-7-15/h4-13,21H,3H2,1-2H3,(H,27,30). The number of nitrogens with one attached hydrogen (secondary N) is 1. The second-order valence-electron chi connectivity index (χ2n) is 6.89. The molecule has 0 atom stereocenters. The van der Waals surface area contributed by atoms with E-state index in [-0.39, 0.29) is 16.9 Å². The zero-order chi connectivity index (χ0) is 22.0. The highest BCUT2D eigenvalue weighted by Gasteiger charge is 2.21. The first-order chi connectivity index (χ1) is 15.0. The predicted molar refractivity (Wildman–Crippen MR) is 114 cm³/mol. The minimum Gasteiger partial charge on any atom is -0.497 e. The fourth-order valence-corrected chi connectivity index (χ4v) is 3.23. The van der Waals surface area contributed by atoms with Gasteiger partial charge in [-0.25, -0.2) is 18.3 Å². The highest BCUT2D eigenvalue weighted by Crippen LogP contribution is 2.28. The molecule has 0 saturated carbocycles. The molecule has 1 N–H and O–H groups in total. The summed E-state index contributed by atoms with van der Waals surface area (Å²) in [4.78, 5) is 17.3. The molecule has 2 heterocycles. The van der Waals surface area contributed by atoms with E-state index in [1.54, 1.807) is 43.5 Å². The number of methoxy groups -OCH3 is 1. The number of ether oxygens (including phenoxy) is 1. The van der Waals surface area contributed by atoms with E-state index in [1.807, 2.05) is 19.1 Å². The molecular formula is C23H20F2N4O2. The Morgan fingerprint density at radius 1 is 1.13 bits per heavy atom. The average molecular weight is 422 g/mol. The number of anilines is 1. The number of benzene rings is 2. The summed E-state index contributed by atoms with van der Waals surface area (Å²) < 4.78 is 33.6. The Hall–Kier alpha value is -3.81. The van der Waals surface area contributed by atoms with Crippen molar-refractivity contribution >= 4 is 17.2 Å². The van der Waals surface area contributed by atoms with Gasteiger partial charge in [-0.1, -0.05) is 19.1 Å². The van der Waals surface area contributed by atoms with Crippen LogP contribution in [-0.2, 0) is 6.42 Å². The van der Waals surface area contributed by atoms with Crippen LogP contribution in [0.1, 0.15) is 35.0 Å². The minimum atomic E-state index is -2.79. The maximum Gasteiger partial charge on any atom is 0.280 e. The summed E-state index contributed by atoms with van der Waals surface area (Å²) >= 11 is 0. The summed E-state index contributed by atoms with van der Waals surface area (Å²) in [6, 6.07) is 15.6. The quantitative estimate of drug-likeness (QED) is 0.466. The number of fused-ring (bicyclic) bond motifs is 1. The number of amides is 1. The summed E-state index contributed by atoms with van der Waals surface area (Å²) in [6.07, 6.45) is -0.654. The van der Waals surface area contributed by atoms with Gasteiger partial charge in [0.1, 0.15) is 17.0 Å². The molecule has 0 radical (unpaired) electrons. The molecule has 0 unspecified atom stereocenters. The number of halogens is 2. The monoisotopic (exact) mass is 422 g/mol. The van der Waals surface area contributed by atoms with Crippen LogP contribution in [0.5, 0.6) is 5.75 Å². The van der Waals surface area contributed by atoms with Gasteiger partial charge in [-0.15, -0.1) is 0 Å². The lowest BCUT2D eigenvalue weighted by atomic mass is 10.1. The number of hydrogen-bond acceptors (Lipinski definition) is 4. The molecule has 8 heteroatoms. The SMILES string of the molecule is CCc1ccc(NC(=O)c2cnn3c(C(F)F)cc(-c4ccc(OC)cc4)nc23)cc1. The fourth-order valence-electron chi connectivity index (χ4n) is 3.23. The van der Waals surface area contributed by atoms with Gasteiger partial charge in [0.05, 0.1) is 19.0 Å². The molecule has 0 fully saturated rings. The molecule has 4 rings (SSSR count). The lowest BCUT2D eigenvalue weighted by Gasteiger charge is -2.09. The first-order valence-electron chi connectivity index (χ1n) is 9.71. The zero-order valence-electron chi connectivity index (χ0n) is 17.0. The second kappa shape index (κ2) is 8.51. The third-order valence-corrected chi connectivity index (χ3v) is 4.97. The largest absolute Gasteiger partial charge is 0.497 e. The van der Waals surface area contributed by atoms with Gasteiger partial charge in [0, 0.05) is 11.3 Å². The van der Waals surface area contributed by atoms with E-state index < -0.39 is 12.3 Å². The Bertz CT molecular complexity index is 1220. The Morgan fingerprint density at radius 3 is 2.45 bits per heavy atom. The highest BCUT2D eigenvalue weighted by atomic mass is 19.3. The minimum absolute atomic E-state index is 0.0614. The van der Waals surface area contributed by atoms with Crippen molar-refractivity contribution < 1.29 is 18.3 Å². The number of rotatable bonds is 6. The van der Waals surface area contributed by atoms with Crippen molar-refractivity contribution in [1.29, 1.82) is 0 Å². The second-order valence-corrected chi connectivity index (χ2v) is 6.89. The summed E-state index contributed by atoms with van der Waals surface area (Å²) in [5, 5.41) is 6.76. The van der Waals surface area contributed by atoms with E-state index in [0.717, 1.165) is 16.5 Å². The van der Waals surface area contributed by atoms with Crippen molar-refractivity contribution in [2.24, 2.45) is 0 Å². The van der Waals surface area contributed by atoms with Gasteiger partial charge in [-0.2, -0.15) is 5.10 Å². The van der Waals surface area contributed by atoms with E-state index in [4.69, 9.17) is 4.74 Å². The lowest BCUT2D eigenvalue weighted by Crippen LogP contribution is -2.12. The van der Waals surface area contributed by atoms with Gasteiger partial charge >= 0.3 is 0 Å². The highest BCUT2D eigenvalue weighted by molar-refractivity contribution is 6.08. The smallest absolute Gasteiger partial charge is 0.280 e. The van der Waals surface area contributed by atoms with Crippen LogP contribution in [0.4, 0.5) is 14.5 Å². The average Bonchev–Trinajstić information content (AvgIpc) is 3.23. The number of nitrogens with zero attached hydrogens (tertiary/aromatic N) is 3. The third kappa shape index (κ3) is 4.09. The molecule has 0 aliphatic carbocycles. The topological polar surface area (TPSA) is 68.5 Å². The molecule has 6 nitrogen and oxygen atoms in total. The fraction of sp³-hybridized carbons (Fsp3) is 0.174. The van der Waals surface area contributed by atoms with E-state index in [0.29, 0.717) is 22.7 Å². The van der Waals surface area contributed by atoms with Crippen LogP contribution in [0.15, 0.2) is 60.8 Å². The molecular weight excluding hydrogens is 402 g/mol. The summed E-state index contributed by atoms with van der Waals surface area (Å²) in [6.45, 7) is 2.04. The van der Waals surface area contributed by atoms with Crippen molar-refractivity contribution in [2.75, 3.05) is 12.4 Å². The van der Waals surface area contributed by atoms with Gasteiger partial charge in [-0.05, 0) is 54.4 Å². The Morgan fingerprint density at radius 2 is 1.84 bits per heavy atom. The van der Waals surface area contributed by atoms with Crippen LogP contribution in [0.25, 0.3) is 16.9 Å². The molecule has 0 bridgehead atoms. The number of hydrogen-bond donors (Lipinski definition) is 1. The van der Waals surface area contributed by atoms with Crippen LogP contribution >= 0.6 is 0 Å². The van der Waals surface area contributed by atoms with Gasteiger partial charge < -0.3 is 10.1 Å². The normalized spacial score (nSPS) is 11.1. The number of carbonyl (C=O) groups excluding carboxylic acids is 1. The molecule has 31 heavy (non-hydrogen) atoms. The third-order valence-electron chi connectivity index (χ3n) is 4.97. The van der Waals surface area contributed by atoms with Gasteiger partial charge in [0.2, 0.25) is 0 Å². The van der Waals surface area contributed by atoms with E-state index in [1.165, 1.54) is 12.3 Å². The van der Waals surface area contributed by atoms with E-state index in [9.17, 15) is 13.6 Å². The summed E-state index contributed by atoms with van der Waals surface area (Å²) in [7, 11) is 1.54. The van der Waals surface area contributed by atoms with Crippen molar-refractivity contribution in [3.05, 3.63) is 77.6 Å². The zero-order valence-corrected chi connectivity index (χ0v) is 17.0. The first-order valence-corrected chi connectivity index (χ1v) is 9.71. The number of aromatic nitrogens is 3. The summed E-state index contributed by atoms with van der Waals surface area (Å²) in [5.74, 6) is 0.163. The molecule has 0 saturated heterocycles. The molecule has 0 aliphatic heterocycles. The maximum atomic E-state index is 13.7. The van der Waals surface area contributed by atoms with Crippen molar-refractivity contribution in [3.63, 3.8) is 0 Å². The number of carbonyl (C=O) groups is 1. The number of aryl methyl sites for hydroxylation is 1. The molecule has 158 valence electrons. The van der Waals surface area contributed by atoms with Crippen LogP contribution in [-0.4, -0.2) is 27.6 Å². The van der Waals surface area contributed by atoms with Gasteiger partial charge in [0.25, 0.3) is 12.3 Å².